The third-order valence-electron chi connectivity index (χ3n) is 4.55. The maximum absolute atomic E-state index is 9.29. The summed E-state index contributed by atoms with van der Waals surface area (Å²) < 4.78 is 1.95. The maximum Gasteiger partial charge on any atom is 0.236 e. The van der Waals surface area contributed by atoms with Gasteiger partial charge < -0.3 is 9.47 Å². The number of hydrogen-bond acceptors (Lipinski definition) is 7. The van der Waals surface area contributed by atoms with Gasteiger partial charge in [0.05, 0.1) is 6.33 Å². The fraction of sp³-hybridized carbons (Fsp3) is 0.625. The van der Waals surface area contributed by atoms with Crippen molar-refractivity contribution < 1.29 is 0 Å². The van der Waals surface area contributed by atoms with Gasteiger partial charge in [-0.15, -0.1) is 0 Å². The molecule has 2 aromatic rings. The van der Waals surface area contributed by atoms with E-state index in [4.69, 9.17) is 5.84 Å². The molecule has 2 heterocycles. The number of imidazole rings is 1. The van der Waals surface area contributed by atoms with E-state index in [-0.39, 0.29) is 11.9 Å². The van der Waals surface area contributed by atoms with Crippen LogP contribution >= 0.6 is 0 Å². The lowest BCUT2D eigenvalue weighted by molar-refractivity contribution is 0.386. The Labute approximate surface area is 141 Å². The summed E-state index contributed by atoms with van der Waals surface area (Å²) >= 11 is 0. The van der Waals surface area contributed by atoms with E-state index in [1.54, 1.807) is 11.3 Å². The van der Waals surface area contributed by atoms with E-state index >= 15 is 0 Å². The summed E-state index contributed by atoms with van der Waals surface area (Å²) in [5.41, 5.74) is 1.34. The van der Waals surface area contributed by atoms with Crippen molar-refractivity contribution in [3.63, 3.8) is 0 Å². The third kappa shape index (κ3) is 3.32. The number of nitrogens with zero attached hydrogens (tertiary/aromatic N) is 7. The van der Waals surface area contributed by atoms with Crippen LogP contribution in [0.2, 0.25) is 0 Å². The molecule has 2 N–H and O–H groups in total. The molecule has 128 valence electrons. The average Bonchev–Trinajstić information content (AvgIpc) is 3.02. The summed E-state index contributed by atoms with van der Waals surface area (Å²) in [5, 5.41) is 11.0. The van der Waals surface area contributed by atoms with Crippen LogP contribution in [0, 0.1) is 11.3 Å². The molecular formula is C16H24N8. The van der Waals surface area contributed by atoms with Gasteiger partial charge in [0.1, 0.15) is 6.07 Å². The van der Waals surface area contributed by atoms with E-state index in [0.717, 1.165) is 25.9 Å². The summed E-state index contributed by atoms with van der Waals surface area (Å²) in [6, 6.07) is 2.29. The van der Waals surface area contributed by atoms with Crippen molar-refractivity contribution >= 4 is 17.0 Å². The molecule has 0 saturated heterocycles. The molecule has 3 rings (SSSR count). The number of anilines is 1. The van der Waals surface area contributed by atoms with Crippen LogP contribution in [0.25, 0.3) is 11.2 Å². The molecule has 1 aliphatic rings. The predicted molar refractivity (Wildman–Crippen MR) is 92.1 cm³/mol. The lowest BCUT2D eigenvalue weighted by Crippen LogP contribution is -2.43. The second kappa shape index (κ2) is 7.11. The topological polar surface area (TPSA) is 99.9 Å². The number of nitrogens with two attached hydrogens (primary N) is 1. The van der Waals surface area contributed by atoms with Crippen LogP contribution in [0.5, 0.6) is 0 Å². The molecule has 1 saturated carbocycles. The highest BCUT2D eigenvalue weighted by Crippen LogP contribution is 2.28. The zero-order valence-electron chi connectivity index (χ0n) is 14.3. The molecular weight excluding hydrogens is 304 g/mol. The number of hydrazine groups is 1. The fourth-order valence-corrected chi connectivity index (χ4v) is 3.16. The van der Waals surface area contributed by atoms with Crippen LogP contribution < -0.4 is 10.9 Å². The molecule has 2 aromatic heterocycles. The monoisotopic (exact) mass is 328 g/mol. The van der Waals surface area contributed by atoms with E-state index in [0.29, 0.717) is 17.0 Å². The first-order valence-electron chi connectivity index (χ1n) is 8.42. The largest absolute Gasteiger partial charge is 0.314 e. The molecule has 0 aromatic carbocycles. The summed E-state index contributed by atoms with van der Waals surface area (Å²) in [6.07, 6.45) is 7.45. The molecule has 0 aliphatic heterocycles. The van der Waals surface area contributed by atoms with E-state index < -0.39 is 0 Å². The maximum atomic E-state index is 9.29. The van der Waals surface area contributed by atoms with Crippen LogP contribution in [0.1, 0.15) is 37.9 Å². The van der Waals surface area contributed by atoms with Crippen molar-refractivity contribution in [3.8, 4) is 6.07 Å². The first-order chi connectivity index (χ1) is 11.6. The zero-order valence-corrected chi connectivity index (χ0v) is 14.3. The molecule has 0 atom stereocenters. The molecule has 8 nitrogen and oxygen atoms in total. The molecule has 0 unspecified atom stereocenters. The molecule has 24 heavy (non-hydrogen) atoms. The second-order valence-corrected chi connectivity index (χ2v) is 6.60. The van der Waals surface area contributed by atoms with Gasteiger partial charge in [0.15, 0.2) is 17.0 Å². The Morgan fingerprint density at radius 1 is 1.29 bits per heavy atom. The van der Waals surface area contributed by atoms with Crippen LogP contribution in [0.3, 0.4) is 0 Å². The minimum absolute atomic E-state index is 0.135. The molecule has 0 bridgehead atoms. The first kappa shape index (κ1) is 16.6. The Bertz CT molecular complexity index is 738. The Kier molecular flexibility index (Phi) is 4.92. The van der Waals surface area contributed by atoms with Crippen molar-refractivity contribution in [2.24, 2.45) is 5.84 Å². The summed E-state index contributed by atoms with van der Waals surface area (Å²) in [6.45, 7) is 1.61. The highest BCUT2D eigenvalue weighted by molar-refractivity contribution is 5.83. The minimum atomic E-state index is 0.135. The lowest BCUT2D eigenvalue weighted by atomic mass is 9.95. The van der Waals surface area contributed by atoms with Crippen LogP contribution in [0.4, 0.5) is 5.82 Å². The Balaban J connectivity index is 1.99. The highest BCUT2D eigenvalue weighted by Gasteiger charge is 2.24. The van der Waals surface area contributed by atoms with Gasteiger partial charge in [-0.05, 0) is 26.9 Å². The number of fused-ring (bicyclic) bond motifs is 1. The van der Waals surface area contributed by atoms with Gasteiger partial charge in [0.25, 0.3) is 0 Å². The Morgan fingerprint density at radius 3 is 2.71 bits per heavy atom. The predicted octanol–water partition coefficient (Wildman–Crippen LogP) is 1.27. The van der Waals surface area contributed by atoms with Gasteiger partial charge >= 0.3 is 0 Å². The number of likely N-dealkylation sites (N-methyl/N-ethyl adjacent to an activating group) is 1. The minimum Gasteiger partial charge on any atom is -0.314 e. The zero-order chi connectivity index (χ0) is 17.1. The summed E-state index contributed by atoms with van der Waals surface area (Å²) in [4.78, 5) is 15.3. The molecule has 0 radical (unpaired) electrons. The summed E-state index contributed by atoms with van der Waals surface area (Å²) in [5.74, 6) is 7.06. The fourth-order valence-electron chi connectivity index (χ4n) is 3.16. The Morgan fingerprint density at radius 2 is 2.04 bits per heavy atom. The van der Waals surface area contributed by atoms with E-state index in [1.165, 1.54) is 19.3 Å². The quantitative estimate of drug-likeness (QED) is 0.651. The molecule has 8 heteroatoms. The lowest BCUT2D eigenvalue weighted by Gasteiger charge is -2.31. The highest BCUT2D eigenvalue weighted by atomic mass is 15.5. The standard InChI is InChI=1S/C16H24N8/c1-22(2)8-9-23-11-19-14-15(23)20-13(10-17)21-16(14)24(18)12-6-4-3-5-7-12/h11-12H,3-9,18H2,1-2H3. The van der Waals surface area contributed by atoms with Gasteiger partial charge in [0.2, 0.25) is 5.82 Å². The van der Waals surface area contributed by atoms with E-state index in [1.807, 2.05) is 24.7 Å². The van der Waals surface area contributed by atoms with Crippen LogP contribution in [-0.4, -0.2) is 51.1 Å². The van der Waals surface area contributed by atoms with Gasteiger partial charge in [-0.1, -0.05) is 19.3 Å². The molecule has 0 spiro atoms. The van der Waals surface area contributed by atoms with Crippen molar-refractivity contribution in [1.82, 2.24) is 24.4 Å². The van der Waals surface area contributed by atoms with Gasteiger partial charge in [-0.3, -0.25) is 5.01 Å². The average molecular weight is 328 g/mol. The SMILES string of the molecule is CN(C)CCn1cnc2c(N(N)C3CCCCC3)nc(C#N)nc21. The molecule has 1 fully saturated rings. The van der Waals surface area contributed by atoms with E-state index in [2.05, 4.69) is 19.9 Å². The van der Waals surface area contributed by atoms with Crippen LogP contribution in [0.15, 0.2) is 6.33 Å². The third-order valence-corrected chi connectivity index (χ3v) is 4.55. The van der Waals surface area contributed by atoms with E-state index in [9.17, 15) is 5.26 Å². The van der Waals surface area contributed by atoms with Gasteiger partial charge in [-0.2, -0.15) is 15.2 Å². The van der Waals surface area contributed by atoms with Crippen molar-refractivity contribution in [2.75, 3.05) is 25.6 Å². The number of aromatic nitrogens is 4. The normalized spacial score (nSPS) is 15.8. The molecule has 1 aliphatic carbocycles. The summed E-state index contributed by atoms with van der Waals surface area (Å²) in [7, 11) is 4.04. The Hall–Kier alpha value is -2.24. The van der Waals surface area contributed by atoms with Crippen molar-refractivity contribution in [2.45, 2.75) is 44.7 Å². The number of rotatable bonds is 5. The molecule has 0 amide bonds. The van der Waals surface area contributed by atoms with Crippen molar-refractivity contribution in [1.29, 1.82) is 5.26 Å². The van der Waals surface area contributed by atoms with Gasteiger partial charge in [-0.25, -0.2) is 10.8 Å². The van der Waals surface area contributed by atoms with Crippen molar-refractivity contribution in [3.05, 3.63) is 12.2 Å². The van der Waals surface area contributed by atoms with Gasteiger partial charge in [0, 0.05) is 19.1 Å². The second-order valence-electron chi connectivity index (χ2n) is 6.60. The number of nitriles is 1. The first-order valence-corrected chi connectivity index (χ1v) is 8.42. The smallest absolute Gasteiger partial charge is 0.236 e. The number of hydrogen-bond donors (Lipinski definition) is 1. The van der Waals surface area contributed by atoms with Crippen LogP contribution in [-0.2, 0) is 6.54 Å².